The van der Waals surface area contributed by atoms with Gasteiger partial charge in [-0.05, 0) is 30.2 Å². The van der Waals surface area contributed by atoms with E-state index in [9.17, 15) is 4.79 Å². The standard InChI is InChI=1S/C21H22ClN3O/c1-2-14-25-19-11-6-5-10-18(19)24-20(25)12-7-13-23-21(26)15-16-8-3-4-9-17(16)22/h2-6,8-11H,1,7,12-15H2,(H,23,26). The lowest BCUT2D eigenvalue weighted by Gasteiger charge is -2.08. The maximum Gasteiger partial charge on any atom is 0.224 e. The number of benzene rings is 2. The average Bonchev–Trinajstić information content (AvgIpc) is 2.99. The van der Waals surface area contributed by atoms with E-state index in [1.807, 2.05) is 42.5 Å². The molecule has 0 aliphatic rings. The molecule has 26 heavy (non-hydrogen) atoms. The van der Waals surface area contributed by atoms with Gasteiger partial charge in [0.1, 0.15) is 5.82 Å². The smallest absolute Gasteiger partial charge is 0.224 e. The molecule has 0 spiro atoms. The summed E-state index contributed by atoms with van der Waals surface area (Å²) in [6.07, 6.45) is 3.81. The van der Waals surface area contributed by atoms with Crippen LogP contribution in [0.15, 0.2) is 61.2 Å². The Morgan fingerprint density at radius 1 is 1.19 bits per heavy atom. The predicted molar refractivity (Wildman–Crippen MR) is 106 cm³/mol. The van der Waals surface area contributed by atoms with E-state index in [2.05, 4.69) is 22.5 Å². The van der Waals surface area contributed by atoms with E-state index in [-0.39, 0.29) is 5.91 Å². The molecule has 1 N–H and O–H groups in total. The number of para-hydroxylation sites is 2. The number of nitrogens with one attached hydrogen (secondary N) is 1. The van der Waals surface area contributed by atoms with Gasteiger partial charge in [-0.2, -0.15) is 0 Å². The number of carbonyl (C=O) groups excluding carboxylic acids is 1. The number of aryl methyl sites for hydroxylation is 1. The van der Waals surface area contributed by atoms with E-state index < -0.39 is 0 Å². The third kappa shape index (κ3) is 4.33. The van der Waals surface area contributed by atoms with Crippen LogP contribution in [-0.2, 0) is 24.2 Å². The summed E-state index contributed by atoms with van der Waals surface area (Å²) in [6, 6.07) is 15.5. The second-order valence-corrected chi connectivity index (χ2v) is 6.54. The molecule has 1 amide bonds. The Labute approximate surface area is 158 Å². The van der Waals surface area contributed by atoms with E-state index in [0.717, 1.165) is 41.8 Å². The van der Waals surface area contributed by atoms with Crippen molar-refractivity contribution < 1.29 is 4.79 Å². The number of aromatic nitrogens is 2. The van der Waals surface area contributed by atoms with Crippen molar-refractivity contribution >= 4 is 28.5 Å². The Kier molecular flexibility index (Phi) is 6.08. The van der Waals surface area contributed by atoms with Gasteiger partial charge in [0.2, 0.25) is 5.91 Å². The zero-order chi connectivity index (χ0) is 18.4. The largest absolute Gasteiger partial charge is 0.356 e. The maximum absolute atomic E-state index is 12.1. The van der Waals surface area contributed by atoms with Crippen LogP contribution in [0.1, 0.15) is 17.8 Å². The summed E-state index contributed by atoms with van der Waals surface area (Å²) in [5, 5.41) is 3.58. The number of imidazole rings is 1. The van der Waals surface area contributed by atoms with Crippen LogP contribution in [0.2, 0.25) is 5.02 Å². The first kappa shape index (κ1) is 18.2. The molecule has 0 saturated carbocycles. The van der Waals surface area contributed by atoms with Gasteiger partial charge in [0.15, 0.2) is 0 Å². The number of hydrogen-bond donors (Lipinski definition) is 1. The molecule has 1 aromatic heterocycles. The minimum absolute atomic E-state index is 0.0160. The highest BCUT2D eigenvalue weighted by molar-refractivity contribution is 6.31. The summed E-state index contributed by atoms with van der Waals surface area (Å²) < 4.78 is 2.17. The minimum Gasteiger partial charge on any atom is -0.356 e. The van der Waals surface area contributed by atoms with Crippen LogP contribution in [0.3, 0.4) is 0 Å². The van der Waals surface area contributed by atoms with E-state index in [1.54, 1.807) is 6.07 Å². The van der Waals surface area contributed by atoms with Gasteiger partial charge in [-0.3, -0.25) is 4.79 Å². The van der Waals surface area contributed by atoms with Crippen LogP contribution in [0.5, 0.6) is 0 Å². The van der Waals surface area contributed by atoms with Gasteiger partial charge in [0, 0.05) is 24.5 Å². The number of carbonyl (C=O) groups is 1. The fraction of sp³-hybridized carbons (Fsp3) is 0.238. The second-order valence-electron chi connectivity index (χ2n) is 6.14. The Morgan fingerprint density at radius 3 is 2.77 bits per heavy atom. The van der Waals surface area contributed by atoms with E-state index >= 15 is 0 Å². The molecular weight excluding hydrogens is 346 g/mol. The molecule has 0 fully saturated rings. The summed E-state index contributed by atoms with van der Waals surface area (Å²) in [5.74, 6) is 1.00. The first-order chi connectivity index (χ1) is 12.7. The molecule has 5 heteroatoms. The third-order valence-electron chi connectivity index (χ3n) is 4.25. The lowest BCUT2D eigenvalue weighted by molar-refractivity contribution is -0.120. The quantitative estimate of drug-likeness (QED) is 0.480. The normalized spacial score (nSPS) is 10.8. The molecule has 0 saturated heterocycles. The van der Waals surface area contributed by atoms with Crippen LogP contribution >= 0.6 is 11.6 Å². The summed E-state index contributed by atoms with van der Waals surface area (Å²) in [7, 11) is 0. The number of allylic oxidation sites excluding steroid dienone is 1. The van der Waals surface area contributed by atoms with E-state index in [0.29, 0.717) is 18.0 Å². The first-order valence-corrected chi connectivity index (χ1v) is 9.12. The van der Waals surface area contributed by atoms with E-state index in [1.165, 1.54) is 0 Å². The van der Waals surface area contributed by atoms with Crippen molar-refractivity contribution in [3.63, 3.8) is 0 Å². The fourth-order valence-electron chi connectivity index (χ4n) is 3.00. The number of rotatable bonds is 8. The van der Waals surface area contributed by atoms with Crippen LogP contribution in [-0.4, -0.2) is 22.0 Å². The number of nitrogens with zero attached hydrogens (tertiary/aromatic N) is 2. The molecule has 0 unspecified atom stereocenters. The Hall–Kier alpha value is -2.59. The lowest BCUT2D eigenvalue weighted by Crippen LogP contribution is -2.26. The number of amides is 1. The van der Waals surface area contributed by atoms with Gasteiger partial charge in [-0.25, -0.2) is 4.98 Å². The van der Waals surface area contributed by atoms with Crippen LogP contribution in [0.25, 0.3) is 11.0 Å². The van der Waals surface area contributed by atoms with Crippen molar-refractivity contribution in [1.82, 2.24) is 14.9 Å². The van der Waals surface area contributed by atoms with Gasteiger partial charge < -0.3 is 9.88 Å². The third-order valence-corrected chi connectivity index (χ3v) is 4.62. The molecule has 0 radical (unpaired) electrons. The van der Waals surface area contributed by atoms with Crippen molar-refractivity contribution in [2.75, 3.05) is 6.54 Å². The van der Waals surface area contributed by atoms with Gasteiger partial charge >= 0.3 is 0 Å². The summed E-state index contributed by atoms with van der Waals surface area (Å²) >= 11 is 6.10. The summed E-state index contributed by atoms with van der Waals surface area (Å²) in [5.41, 5.74) is 2.96. The molecule has 0 atom stereocenters. The van der Waals surface area contributed by atoms with Crippen molar-refractivity contribution in [2.24, 2.45) is 0 Å². The predicted octanol–water partition coefficient (Wildman–Crippen LogP) is 4.17. The number of halogens is 1. The SMILES string of the molecule is C=CCn1c(CCCNC(=O)Cc2ccccc2Cl)nc2ccccc21. The van der Waals surface area contributed by atoms with E-state index in [4.69, 9.17) is 16.6 Å². The zero-order valence-electron chi connectivity index (χ0n) is 14.6. The molecule has 0 bridgehead atoms. The van der Waals surface area contributed by atoms with Crippen LogP contribution < -0.4 is 5.32 Å². The highest BCUT2D eigenvalue weighted by Crippen LogP contribution is 2.17. The van der Waals surface area contributed by atoms with Gasteiger partial charge in [0.25, 0.3) is 0 Å². The highest BCUT2D eigenvalue weighted by atomic mass is 35.5. The second kappa shape index (κ2) is 8.68. The number of fused-ring (bicyclic) bond motifs is 1. The Balaban J connectivity index is 1.54. The molecule has 0 aliphatic carbocycles. The van der Waals surface area contributed by atoms with Gasteiger partial charge in [0.05, 0.1) is 17.5 Å². The molecule has 3 aromatic rings. The molecular formula is C21H22ClN3O. The van der Waals surface area contributed by atoms with Gasteiger partial charge in [-0.1, -0.05) is 48.0 Å². The lowest BCUT2D eigenvalue weighted by atomic mass is 10.1. The topological polar surface area (TPSA) is 46.9 Å². The average molecular weight is 368 g/mol. The van der Waals surface area contributed by atoms with Gasteiger partial charge in [-0.15, -0.1) is 6.58 Å². The summed E-state index contributed by atoms with van der Waals surface area (Å²) in [6.45, 7) is 5.18. The number of hydrogen-bond acceptors (Lipinski definition) is 2. The summed E-state index contributed by atoms with van der Waals surface area (Å²) in [4.78, 5) is 16.8. The zero-order valence-corrected chi connectivity index (χ0v) is 15.4. The fourth-order valence-corrected chi connectivity index (χ4v) is 3.20. The highest BCUT2D eigenvalue weighted by Gasteiger charge is 2.10. The maximum atomic E-state index is 12.1. The molecule has 134 valence electrons. The molecule has 2 aromatic carbocycles. The monoisotopic (exact) mass is 367 g/mol. The van der Waals surface area contributed by atoms with Crippen molar-refractivity contribution in [1.29, 1.82) is 0 Å². The molecule has 0 aliphatic heterocycles. The van der Waals surface area contributed by atoms with Crippen molar-refractivity contribution in [3.8, 4) is 0 Å². The Morgan fingerprint density at radius 2 is 1.96 bits per heavy atom. The van der Waals surface area contributed by atoms with Crippen molar-refractivity contribution in [3.05, 3.63) is 77.6 Å². The van der Waals surface area contributed by atoms with Crippen LogP contribution in [0, 0.1) is 0 Å². The molecule has 3 rings (SSSR count). The Bertz CT molecular complexity index is 917. The minimum atomic E-state index is -0.0160. The molecule has 4 nitrogen and oxygen atoms in total. The molecule has 1 heterocycles. The van der Waals surface area contributed by atoms with Crippen LogP contribution in [0.4, 0.5) is 0 Å². The van der Waals surface area contributed by atoms with Crippen molar-refractivity contribution in [2.45, 2.75) is 25.8 Å². The first-order valence-electron chi connectivity index (χ1n) is 8.74.